The van der Waals surface area contributed by atoms with E-state index in [1.54, 1.807) is 24.3 Å². The third-order valence-corrected chi connectivity index (χ3v) is 27.0. The predicted octanol–water partition coefficient (Wildman–Crippen LogP) is 32.6. The van der Waals surface area contributed by atoms with Crippen LogP contribution in [0.5, 0.6) is 46.0 Å². The summed E-state index contributed by atoms with van der Waals surface area (Å²) in [5.41, 5.74) is 9.65. The molecule has 3 aromatic heterocycles. The summed E-state index contributed by atoms with van der Waals surface area (Å²) in [5, 5.41) is 2.04. The third-order valence-electron chi connectivity index (χ3n) is 22.2. The van der Waals surface area contributed by atoms with Gasteiger partial charge in [0, 0.05) is 64.0 Å². The van der Waals surface area contributed by atoms with Gasteiger partial charge in [0.15, 0.2) is 23.0 Å². The molecule has 0 spiro atoms. The number of allylic oxidation sites excluding steroid dienone is 2. The van der Waals surface area contributed by atoms with Gasteiger partial charge in [0.25, 0.3) is 0 Å². The van der Waals surface area contributed by atoms with Crippen molar-refractivity contribution in [2.24, 2.45) is 0 Å². The van der Waals surface area contributed by atoms with Gasteiger partial charge < -0.3 is 28.9 Å². The van der Waals surface area contributed by atoms with Crippen LogP contribution in [0, 0.1) is 41.7 Å². The summed E-state index contributed by atoms with van der Waals surface area (Å²) in [4.78, 5) is 21.8. The van der Waals surface area contributed by atoms with Crippen LogP contribution in [0.25, 0.3) is 101 Å². The number of aromatic nitrogens is 4. The van der Waals surface area contributed by atoms with Crippen molar-refractivity contribution in [2.45, 2.75) is 114 Å². The molecule has 5 aliphatic rings. The molecular formula is C91H70CeCl12N5O4-. The molecule has 0 N–H and O–H groups in total. The molecule has 17 rings (SSSR count). The first-order chi connectivity index (χ1) is 54.2. The van der Waals surface area contributed by atoms with E-state index in [-0.39, 0.29) is 188 Å². The SMILES string of the molecule is C[N+](C)(C)c1ccc(/C=C/C=C/c2ccc(Oc3c(Cl)c(Cl)c4c(c3Cl)-c3cc5[n-]c(cc6nc(cc7[n-]c(cc-4n3)c3c(Cl)c(Cl)c(Oc4ccccc4C4CCCCC4)c(Cl)c73)-c3c(Cl)c(Oc4ccccc4C4CCCCC4)c(Cl)c(Cl)c3-6)c3c(Cl)c(Cl)c(Oc4ccccc4C4CCCCC4)c(Cl)c53)cc2)cc1.[Ce]. The largest absolute Gasteiger partial charge is 0.657 e. The van der Waals surface area contributed by atoms with Crippen molar-refractivity contribution in [1.29, 1.82) is 0 Å². The van der Waals surface area contributed by atoms with Gasteiger partial charge in [0.1, 0.15) is 48.8 Å². The van der Waals surface area contributed by atoms with Gasteiger partial charge in [-0.15, -0.1) is 22.1 Å². The summed E-state index contributed by atoms with van der Waals surface area (Å²) < 4.78 is 28.4. The minimum atomic E-state index is -0.00857. The monoisotopic (exact) mass is 1860 g/mol. The van der Waals surface area contributed by atoms with E-state index >= 15 is 0 Å². The standard InChI is InChI=1S/C91H70Cl12N5O4.Ce/c1-108(2,3)52-39-35-47(36-40-52)21-13-14-22-48-37-41-53(42-38-48)109-88-80(96)72-61-45-62-73-70(78(94)86(102)89(81(73)97)110-65-32-18-15-29-54(65)49-23-7-4-8-24-49)59(105-62)44-60-71-75(83(99)91(87(103)79(71)95)112-67-34-20-17-31-56(67)51-27-11-6-12-28-51)64(107-60)46-63-74-69(58(106-63)43-57(104-61)68(72)76(92)84(88)100)77(93)85(101)90(82(74)98)111-66-33-19-16-30-55(66)50-25-9-5-10-26-50;/h13-22,29-46,49-51H,4-12,23-28H2,1-3H3;/q-1;/b21-13+,22-14+,57-43?,58-43?,59-44?,60-44?,61-45?,62-45?,63-46?,64-46?;. The number of rotatable bonds is 15. The summed E-state index contributed by atoms with van der Waals surface area (Å²) in [7, 11) is 6.43. The number of benzene rings is 9. The van der Waals surface area contributed by atoms with Crippen LogP contribution in [-0.4, -0.2) is 31.1 Å². The zero-order chi connectivity index (χ0) is 77.5. The number of halogens is 12. The smallest absolute Gasteiger partial charge is 0.166 e. The fraction of sp³-hybridized carbons (Fsp3) is 0.231. The average molecular weight is 1860 g/mol. The van der Waals surface area contributed by atoms with Gasteiger partial charge in [-0.05, 0) is 185 Å². The van der Waals surface area contributed by atoms with Crippen molar-refractivity contribution >= 4 is 201 Å². The molecule has 0 unspecified atom stereocenters. The Morgan fingerprint density at radius 2 is 0.619 bits per heavy atom. The van der Waals surface area contributed by atoms with E-state index in [9.17, 15) is 0 Å². The van der Waals surface area contributed by atoms with Crippen LogP contribution in [0.2, 0.25) is 60.3 Å². The second-order valence-electron chi connectivity index (χ2n) is 30.1. The van der Waals surface area contributed by atoms with Crippen molar-refractivity contribution < 1.29 is 60.7 Å². The van der Waals surface area contributed by atoms with Crippen LogP contribution in [0.1, 0.15) is 142 Å². The summed E-state index contributed by atoms with van der Waals surface area (Å²) in [5.74, 6) is 3.30. The average Bonchev–Trinajstić information content (AvgIpc) is 1.58. The van der Waals surface area contributed by atoms with Crippen LogP contribution in [0.3, 0.4) is 0 Å². The minimum Gasteiger partial charge on any atom is -0.657 e. The van der Waals surface area contributed by atoms with Crippen LogP contribution in [-0.2, 0) is 0 Å². The second kappa shape index (κ2) is 33.8. The Labute approximate surface area is 749 Å². The van der Waals surface area contributed by atoms with Gasteiger partial charge >= 0.3 is 0 Å². The molecular weight excluding hydrogens is 1790 g/mol. The first-order valence-electron chi connectivity index (χ1n) is 37.6. The van der Waals surface area contributed by atoms with E-state index in [1.807, 2.05) is 97.1 Å². The van der Waals surface area contributed by atoms with Crippen LogP contribution >= 0.6 is 139 Å². The van der Waals surface area contributed by atoms with Crippen molar-refractivity contribution in [3.05, 3.63) is 246 Å². The number of ether oxygens (including phenoxy) is 4. The zero-order valence-corrected chi connectivity index (χ0v) is 73.6. The van der Waals surface area contributed by atoms with Gasteiger partial charge in [-0.2, -0.15) is 0 Å². The first kappa shape index (κ1) is 80.9. The number of para-hydroxylation sites is 3. The Morgan fingerprint density at radius 3 is 0.965 bits per heavy atom. The van der Waals surface area contributed by atoms with Crippen molar-refractivity contribution in [3.63, 3.8) is 0 Å². The molecule has 113 heavy (non-hydrogen) atoms. The van der Waals surface area contributed by atoms with E-state index in [2.05, 4.69) is 69.7 Å². The van der Waals surface area contributed by atoms with E-state index < -0.39 is 0 Å². The number of fused-ring (bicyclic) bond motifs is 20. The summed E-state index contributed by atoms with van der Waals surface area (Å²) in [6.07, 6.45) is 24.1. The normalized spacial score (nSPS) is 15.0. The minimum absolute atomic E-state index is 0. The molecule has 572 valence electrons. The zero-order valence-electron chi connectivity index (χ0n) is 61.4. The van der Waals surface area contributed by atoms with E-state index in [0.29, 0.717) is 66.8 Å². The predicted molar refractivity (Wildman–Crippen MR) is 471 cm³/mol. The number of hydrogen-bond donors (Lipinski definition) is 0. The van der Waals surface area contributed by atoms with Crippen LogP contribution in [0.4, 0.5) is 5.69 Å². The number of hydrogen-bond acceptors (Lipinski definition) is 6. The fourth-order valence-electron chi connectivity index (χ4n) is 16.6. The Morgan fingerprint density at radius 1 is 0.327 bits per heavy atom. The maximum atomic E-state index is 7.91. The van der Waals surface area contributed by atoms with Gasteiger partial charge in [0.2, 0.25) is 0 Å². The molecule has 0 radical (unpaired) electrons. The van der Waals surface area contributed by atoms with E-state index in [0.717, 1.165) is 116 Å². The molecule has 3 fully saturated rings. The van der Waals surface area contributed by atoms with Gasteiger partial charge in [-0.25, -0.2) is 9.97 Å². The van der Waals surface area contributed by atoms with E-state index in [4.69, 9.17) is 178 Å². The topological polar surface area (TPSA) is 90.9 Å². The van der Waals surface area contributed by atoms with Crippen molar-refractivity contribution in [3.8, 4) is 91.0 Å². The maximum absolute atomic E-state index is 7.91. The fourth-order valence-corrected chi connectivity index (χ4v) is 20.1. The Kier molecular flexibility index (Phi) is 24.2. The van der Waals surface area contributed by atoms with Gasteiger partial charge in [0.05, 0.1) is 84.1 Å². The summed E-state index contributed by atoms with van der Waals surface area (Å²) >= 11 is 92.8. The van der Waals surface area contributed by atoms with E-state index in [1.165, 1.54) is 18.5 Å². The van der Waals surface area contributed by atoms with Crippen molar-refractivity contribution in [2.75, 3.05) is 21.1 Å². The third kappa shape index (κ3) is 15.5. The molecule has 9 aromatic carbocycles. The molecule has 3 aliphatic carbocycles. The molecule has 22 heteroatoms. The molecule has 0 amide bonds. The van der Waals surface area contributed by atoms with Gasteiger partial charge in [-0.3, -0.25) is 4.48 Å². The molecule has 5 heterocycles. The van der Waals surface area contributed by atoms with Crippen molar-refractivity contribution in [1.82, 2.24) is 24.4 Å². The first-order valence-corrected chi connectivity index (χ1v) is 42.1. The summed E-state index contributed by atoms with van der Waals surface area (Å²) in [6.45, 7) is 0. The second-order valence-corrected chi connectivity index (χ2v) is 34.6. The Balaban J connectivity index is 0.00000964. The quantitative estimate of drug-likeness (QED) is 0.0570. The van der Waals surface area contributed by atoms with Gasteiger partial charge in [-0.1, -0.05) is 288 Å². The number of nitrogens with zero attached hydrogens (tertiary/aromatic N) is 5. The molecule has 0 saturated heterocycles. The Bertz CT molecular complexity index is 6040. The number of quaternary nitrogens is 1. The van der Waals surface area contributed by atoms with Crippen LogP contribution < -0.4 is 33.4 Å². The maximum Gasteiger partial charge on any atom is 0.166 e. The summed E-state index contributed by atoms with van der Waals surface area (Å²) in [6, 6.07) is 46.8. The van der Waals surface area contributed by atoms with Crippen LogP contribution in [0.15, 0.2) is 158 Å². The molecule has 9 nitrogen and oxygen atoms in total. The Hall–Kier alpha value is -5.88. The molecule has 3 saturated carbocycles. The molecule has 0 atom stereocenters. The molecule has 2 aliphatic heterocycles. The molecule has 12 aromatic rings. The molecule has 8 bridgehead atoms.